The quantitative estimate of drug-likeness (QED) is 0.853. The summed E-state index contributed by atoms with van der Waals surface area (Å²) in [5.74, 6) is 0.151. The fourth-order valence-corrected chi connectivity index (χ4v) is 5.23. The average molecular weight is 349 g/mol. The van der Waals surface area contributed by atoms with Crippen LogP contribution in [0.15, 0.2) is 41.8 Å². The first kappa shape index (κ1) is 16.2. The summed E-state index contributed by atoms with van der Waals surface area (Å²) >= 11 is 1.39. The minimum absolute atomic E-state index is 0.0655. The normalized spacial score (nSPS) is 19.6. The van der Waals surface area contributed by atoms with E-state index in [1.165, 1.54) is 11.3 Å². The SMILES string of the molecule is Cc1ccc(CN(C(=O)c2cccs2)C2CCS(=O)(=O)C2)cc1. The zero-order valence-corrected chi connectivity index (χ0v) is 14.6. The van der Waals surface area contributed by atoms with Crippen LogP contribution in [0.4, 0.5) is 0 Å². The van der Waals surface area contributed by atoms with Gasteiger partial charge < -0.3 is 4.90 Å². The van der Waals surface area contributed by atoms with Crippen molar-refractivity contribution in [3.63, 3.8) is 0 Å². The largest absolute Gasteiger partial charge is 0.330 e. The minimum Gasteiger partial charge on any atom is -0.330 e. The standard InChI is InChI=1S/C17H19NO3S2/c1-13-4-6-14(7-5-13)11-18(15-8-10-23(20,21)12-15)17(19)16-3-2-9-22-16/h2-7,9,15H,8,10-12H2,1H3. The first-order valence-electron chi connectivity index (χ1n) is 7.55. The number of hydrogen-bond acceptors (Lipinski definition) is 4. The summed E-state index contributed by atoms with van der Waals surface area (Å²) in [6.45, 7) is 2.46. The van der Waals surface area contributed by atoms with Crippen molar-refractivity contribution in [3.05, 3.63) is 57.8 Å². The molecule has 0 aliphatic carbocycles. The van der Waals surface area contributed by atoms with Crippen LogP contribution in [0.2, 0.25) is 0 Å². The number of carbonyl (C=O) groups is 1. The molecule has 122 valence electrons. The Hall–Kier alpha value is -1.66. The number of hydrogen-bond donors (Lipinski definition) is 0. The Balaban J connectivity index is 1.87. The van der Waals surface area contributed by atoms with Gasteiger partial charge >= 0.3 is 0 Å². The van der Waals surface area contributed by atoms with Gasteiger partial charge in [-0.2, -0.15) is 0 Å². The molecule has 0 bridgehead atoms. The maximum atomic E-state index is 12.8. The molecule has 1 aliphatic heterocycles. The van der Waals surface area contributed by atoms with Crippen molar-refractivity contribution in [3.8, 4) is 0 Å². The van der Waals surface area contributed by atoms with Crippen LogP contribution >= 0.6 is 11.3 Å². The molecule has 1 aromatic heterocycles. The van der Waals surface area contributed by atoms with E-state index in [1.807, 2.05) is 42.6 Å². The lowest BCUT2D eigenvalue weighted by Gasteiger charge is -2.28. The summed E-state index contributed by atoms with van der Waals surface area (Å²) < 4.78 is 23.6. The highest BCUT2D eigenvalue weighted by atomic mass is 32.2. The van der Waals surface area contributed by atoms with Crippen molar-refractivity contribution in [2.75, 3.05) is 11.5 Å². The Bertz CT molecular complexity index is 780. The molecule has 1 saturated heterocycles. The molecular weight excluding hydrogens is 330 g/mol. The second-order valence-electron chi connectivity index (χ2n) is 5.95. The number of rotatable bonds is 4. The highest BCUT2D eigenvalue weighted by molar-refractivity contribution is 7.91. The van der Waals surface area contributed by atoms with E-state index >= 15 is 0 Å². The molecule has 1 atom stereocenters. The van der Waals surface area contributed by atoms with E-state index in [0.717, 1.165) is 11.1 Å². The molecule has 0 saturated carbocycles. The predicted molar refractivity (Wildman–Crippen MR) is 92.4 cm³/mol. The molecule has 1 unspecified atom stereocenters. The van der Waals surface area contributed by atoms with Crippen LogP contribution in [0.3, 0.4) is 0 Å². The minimum atomic E-state index is -3.03. The van der Waals surface area contributed by atoms with Gasteiger partial charge in [0.15, 0.2) is 9.84 Å². The van der Waals surface area contributed by atoms with Gasteiger partial charge in [0, 0.05) is 12.6 Å². The molecule has 4 nitrogen and oxygen atoms in total. The number of thiophene rings is 1. The highest BCUT2D eigenvalue weighted by Crippen LogP contribution is 2.24. The van der Waals surface area contributed by atoms with Crippen LogP contribution in [0.1, 0.15) is 27.2 Å². The molecule has 6 heteroatoms. The van der Waals surface area contributed by atoms with E-state index in [1.54, 1.807) is 11.0 Å². The molecule has 2 heterocycles. The molecule has 0 radical (unpaired) electrons. The van der Waals surface area contributed by atoms with Gasteiger partial charge in [-0.05, 0) is 30.4 Å². The topological polar surface area (TPSA) is 54.5 Å². The van der Waals surface area contributed by atoms with Gasteiger partial charge in [-0.1, -0.05) is 35.9 Å². The summed E-state index contributed by atoms with van der Waals surface area (Å²) in [4.78, 5) is 15.2. The molecule has 23 heavy (non-hydrogen) atoms. The van der Waals surface area contributed by atoms with Crippen LogP contribution in [0, 0.1) is 6.92 Å². The van der Waals surface area contributed by atoms with Gasteiger partial charge in [0.25, 0.3) is 5.91 Å². The van der Waals surface area contributed by atoms with Crippen molar-refractivity contribution in [1.82, 2.24) is 4.90 Å². The third-order valence-corrected chi connectivity index (χ3v) is 6.72. The third kappa shape index (κ3) is 3.82. The molecule has 3 rings (SSSR count). The number of amides is 1. The molecule has 1 aliphatic rings. The lowest BCUT2D eigenvalue weighted by Crippen LogP contribution is -2.40. The lowest BCUT2D eigenvalue weighted by molar-refractivity contribution is 0.0686. The van der Waals surface area contributed by atoms with Gasteiger partial charge in [0.2, 0.25) is 0 Å². The van der Waals surface area contributed by atoms with Crippen molar-refractivity contribution in [2.24, 2.45) is 0 Å². The molecule has 1 fully saturated rings. The van der Waals surface area contributed by atoms with Crippen LogP contribution < -0.4 is 0 Å². The summed E-state index contributed by atoms with van der Waals surface area (Å²) in [5.41, 5.74) is 2.18. The van der Waals surface area contributed by atoms with Crippen LogP contribution in [-0.4, -0.2) is 36.8 Å². The maximum Gasteiger partial charge on any atom is 0.264 e. The average Bonchev–Trinajstić information content (AvgIpc) is 3.15. The fourth-order valence-electron chi connectivity index (χ4n) is 2.82. The van der Waals surface area contributed by atoms with E-state index < -0.39 is 9.84 Å². The molecule has 2 aromatic rings. The van der Waals surface area contributed by atoms with Gasteiger partial charge in [0.05, 0.1) is 16.4 Å². The second kappa shape index (κ2) is 6.45. The Morgan fingerprint density at radius 1 is 1.26 bits per heavy atom. The Morgan fingerprint density at radius 3 is 2.57 bits per heavy atom. The third-order valence-electron chi connectivity index (χ3n) is 4.12. The molecule has 1 amide bonds. The smallest absolute Gasteiger partial charge is 0.264 e. The van der Waals surface area contributed by atoms with Gasteiger partial charge in [0.1, 0.15) is 0 Å². The van der Waals surface area contributed by atoms with Gasteiger partial charge in [-0.3, -0.25) is 4.79 Å². The molecule has 0 N–H and O–H groups in total. The Labute approximate surface area is 140 Å². The van der Waals surface area contributed by atoms with Crippen LogP contribution in [0.5, 0.6) is 0 Å². The monoisotopic (exact) mass is 349 g/mol. The Morgan fingerprint density at radius 2 is 2.00 bits per heavy atom. The van der Waals surface area contributed by atoms with Crippen molar-refractivity contribution in [1.29, 1.82) is 0 Å². The number of sulfone groups is 1. The second-order valence-corrected chi connectivity index (χ2v) is 9.13. The number of aryl methyl sites for hydroxylation is 1. The number of carbonyl (C=O) groups excluding carboxylic acids is 1. The summed E-state index contributed by atoms with van der Waals surface area (Å²) in [6.07, 6.45) is 0.519. The van der Waals surface area contributed by atoms with E-state index in [-0.39, 0.29) is 23.5 Å². The summed E-state index contributed by atoms with van der Waals surface area (Å²) in [5, 5.41) is 1.86. The van der Waals surface area contributed by atoms with Gasteiger partial charge in [-0.15, -0.1) is 11.3 Å². The highest BCUT2D eigenvalue weighted by Gasteiger charge is 2.35. The van der Waals surface area contributed by atoms with Gasteiger partial charge in [-0.25, -0.2) is 8.42 Å². The number of nitrogens with zero attached hydrogens (tertiary/aromatic N) is 1. The van der Waals surface area contributed by atoms with E-state index in [0.29, 0.717) is 17.8 Å². The van der Waals surface area contributed by atoms with Crippen LogP contribution in [-0.2, 0) is 16.4 Å². The molecular formula is C17H19NO3S2. The maximum absolute atomic E-state index is 12.8. The first-order valence-corrected chi connectivity index (χ1v) is 10.3. The van der Waals surface area contributed by atoms with Crippen molar-refractivity contribution >= 4 is 27.1 Å². The fraction of sp³-hybridized carbons (Fsp3) is 0.353. The van der Waals surface area contributed by atoms with E-state index in [9.17, 15) is 13.2 Å². The Kier molecular flexibility index (Phi) is 4.55. The molecule has 1 aromatic carbocycles. The zero-order valence-electron chi connectivity index (χ0n) is 12.9. The predicted octanol–water partition coefficient (Wildman–Crippen LogP) is 2.89. The summed E-state index contributed by atoms with van der Waals surface area (Å²) in [6, 6.07) is 11.4. The number of benzene rings is 1. The van der Waals surface area contributed by atoms with Crippen LogP contribution in [0.25, 0.3) is 0 Å². The summed E-state index contributed by atoms with van der Waals surface area (Å²) in [7, 11) is -3.03. The zero-order chi connectivity index (χ0) is 16.4. The first-order chi connectivity index (χ1) is 10.9. The lowest BCUT2D eigenvalue weighted by atomic mass is 10.1. The van der Waals surface area contributed by atoms with Crippen molar-refractivity contribution in [2.45, 2.75) is 25.9 Å². The van der Waals surface area contributed by atoms with Crippen molar-refractivity contribution < 1.29 is 13.2 Å². The van der Waals surface area contributed by atoms with E-state index in [2.05, 4.69) is 0 Å². The molecule has 0 spiro atoms. The van der Waals surface area contributed by atoms with E-state index in [4.69, 9.17) is 0 Å².